The zero-order valence-corrected chi connectivity index (χ0v) is 18.7. The van der Waals surface area contributed by atoms with Crippen molar-refractivity contribution in [2.24, 2.45) is 0 Å². The quantitative estimate of drug-likeness (QED) is 0.668. The van der Waals surface area contributed by atoms with Crippen LogP contribution in [0.3, 0.4) is 0 Å². The normalized spacial score (nSPS) is 17.2. The highest BCUT2D eigenvalue weighted by Gasteiger charge is 2.21. The molecule has 1 fully saturated rings. The number of aryl methyl sites for hydroxylation is 2. The van der Waals surface area contributed by atoms with Crippen LogP contribution >= 0.6 is 23.1 Å². The number of amides is 1. The second kappa shape index (κ2) is 9.62. The Morgan fingerprint density at radius 2 is 2.10 bits per heavy atom. The number of carbonyl (C=O) groups excluding carboxylic acids is 1. The summed E-state index contributed by atoms with van der Waals surface area (Å²) < 4.78 is 0. The molecular formula is C21H30N4O2S2. The molecule has 0 unspecified atom stereocenters. The van der Waals surface area contributed by atoms with Crippen molar-refractivity contribution in [3.8, 4) is 0 Å². The van der Waals surface area contributed by atoms with Gasteiger partial charge in [-0.25, -0.2) is 4.98 Å². The summed E-state index contributed by atoms with van der Waals surface area (Å²) in [5.41, 5.74) is 1.18. The van der Waals surface area contributed by atoms with Crippen LogP contribution in [0.1, 0.15) is 54.8 Å². The molecule has 2 aliphatic carbocycles. The molecule has 2 heterocycles. The van der Waals surface area contributed by atoms with Gasteiger partial charge < -0.3 is 15.2 Å². The van der Waals surface area contributed by atoms with Crippen LogP contribution in [0, 0.1) is 0 Å². The smallest absolute Gasteiger partial charge is 0.259 e. The van der Waals surface area contributed by atoms with Gasteiger partial charge in [-0.3, -0.25) is 9.59 Å². The molecule has 0 aromatic carbocycles. The Morgan fingerprint density at radius 1 is 1.28 bits per heavy atom. The Bertz CT molecular complexity index is 917. The number of hydrogen-bond acceptors (Lipinski definition) is 6. The SMILES string of the molecule is CN(CCNC(=O)CSCc1nc2sc3c(c2c(=O)[nH]1)CCC3)C1CCCCC1. The summed E-state index contributed by atoms with van der Waals surface area (Å²) in [6.45, 7) is 1.59. The van der Waals surface area contributed by atoms with Crippen molar-refractivity contribution in [3.63, 3.8) is 0 Å². The highest BCUT2D eigenvalue weighted by molar-refractivity contribution is 7.99. The number of aromatic nitrogens is 2. The van der Waals surface area contributed by atoms with E-state index in [2.05, 4.69) is 27.2 Å². The molecule has 0 spiro atoms. The highest BCUT2D eigenvalue weighted by Crippen LogP contribution is 2.34. The second-order valence-electron chi connectivity index (χ2n) is 8.17. The Balaban J connectivity index is 1.21. The summed E-state index contributed by atoms with van der Waals surface area (Å²) in [6, 6.07) is 0.673. The van der Waals surface area contributed by atoms with Crippen LogP contribution in [0.4, 0.5) is 0 Å². The number of thiophene rings is 1. The Kier molecular flexibility index (Phi) is 6.92. The average molecular weight is 435 g/mol. The van der Waals surface area contributed by atoms with Gasteiger partial charge in [0, 0.05) is 24.0 Å². The summed E-state index contributed by atoms with van der Waals surface area (Å²) >= 11 is 3.15. The summed E-state index contributed by atoms with van der Waals surface area (Å²) in [7, 11) is 2.16. The van der Waals surface area contributed by atoms with Crippen LogP contribution in [0.2, 0.25) is 0 Å². The number of nitrogens with one attached hydrogen (secondary N) is 2. The first-order chi connectivity index (χ1) is 14.1. The number of carbonyl (C=O) groups is 1. The van der Waals surface area contributed by atoms with Gasteiger partial charge in [-0.05, 0) is 44.7 Å². The van der Waals surface area contributed by atoms with E-state index in [1.54, 1.807) is 11.3 Å². The maximum absolute atomic E-state index is 12.5. The van der Waals surface area contributed by atoms with E-state index in [9.17, 15) is 9.59 Å². The Hall–Kier alpha value is -1.38. The maximum Gasteiger partial charge on any atom is 0.259 e. The van der Waals surface area contributed by atoms with E-state index in [0.717, 1.165) is 36.0 Å². The van der Waals surface area contributed by atoms with Gasteiger partial charge in [-0.2, -0.15) is 0 Å². The topological polar surface area (TPSA) is 78.1 Å². The summed E-state index contributed by atoms with van der Waals surface area (Å²) in [5, 5.41) is 3.80. The lowest BCUT2D eigenvalue weighted by Gasteiger charge is -2.31. The highest BCUT2D eigenvalue weighted by atomic mass is 32.2. The van der Waals surface area contributed by atoms with Gasteiger partial charge >= 0.3 is 0 Å². The van der Waals surface area contributed by atoms with E-state index in [0.29, 0.717) is 29.9 Å². The molecule has 4 rings (SSSR count). The van der Waals surface area contributed by atoms with Gasteiger partial charge in [-0.1, -0.05) is 19.3 Å². The molecule has 158 valence electrons. The van der Waals surface area contributed by atoms with Crippen molar-refractivity contribution in [2.45, 2.75) is 63.2 Å². The second-order valence-corrected chi connectivity index (χ2v) is 10.2. The van der Waals surface area contributed by atoms with Crippen molar-refractivity contribution in [2.75, 3.05) is 25.9 Å². The number of thioether (sulfide) groups is 1. The molecule has 0 atom stereocenters. The predicted molar refractivity (Wildman–Crippen MR) is 121 cm³/mol. The molecule has 2 aromatic rings. The molecule has 8 heteroatoms. The van der Waals surface area contributed by atoms with E-state index in [-0.39, 0.29) is 11.5 Å². The molecule has 2 N–H and O–H groups in total. The van der Waals surface area contributed by atoms with Gasteiger partial charge in [0.1, 0.15) is 10.7 Å². The number of hydrogen-bond donors (Lipinski definition) is 2. The zero-order valence-electron chi connectivity index (χ0n) is 17.1. The van der Waals surface area contributed by atoms with Crippen molar-refractivity contribution in [1.82, 2.24) is 20.2 Å². The minimum Gasteiger partial charge on any atom is -0.354 e. The van der Waals surface area contributed by atoms with E-state index in [1.807, 2.05) is 0 Å². The van der Waals surface area contributed by atoms with Crippen molar-refractivity contribution in [1.29, 1.82) is 0 Å². The minimum absolute atomic E-state index is 0.0276. The monoisotopic (exact) mass is 434 g/mol. The molecule has 2 aliphatic rings. The van der Waals surface area contributed by atoms with Gasteiger partial charge in [-0.15, -0.1) is 23.1 Å². The van der Waals surface area contributed by atoms with Gasteiger partial charge in [0.15, 0.2) is 0 Å². The van der Waals surface area contributed by atoms with Gasteiger partial charge in [0.2, 0.25) is 5.91 Å². The molecule has 0 radical (unpaired) electrons. The molecule has 0 aliphatic heterocycles. The lowest BCUT2D eigenvalue weighted by atomic mass is 9.94. The largest absolute Gasteiger partial charge is 0.354 e. The molecule has 29 heavy (non-hydrogen) atoms. The molecule has 2 aromatic heterocycles. The lowest BCUT2D eigenvalue weighted by Crippen LogP contribution is -2.39. The standard InChI is InChI=1S/C21H30N4O2S2/c1-25(14-6-3-2-4-7-14)11-10-22-18(26)13-28-12-17-23-20(27)19-15-8-5-9-16(15)29-21(19)24-17/h14H,2-13H2,1H3,(H,22,26)(H,23,24,27). The minimum atomic E-state index is -0.0276. The summed E-state index contributed by atoms with van der Waals surface area (Å²) in [5.74, 6) is 1.64. The number of rotatable bonds is 8. The summed E-state index contributed by atoms with van der Waals surface area (Å²) in [4.78, 5) is 36.7. The van der Waals surface area contributed by atoms with Crippen molar-refractivity contribution in [3.05, 3.63) is 26.6 Å². The zero-order chi connectivity index (χ0) is 20.2. The number of H-pyrrole nitrogens is 1. The van der Waals surface area contributed by atoms with Crippen LogP contribution in [0.5, 0.6) is 0 Å². The fraction of sp³-hybridized carbons (Fsp3) is 0.667. The van der Waals surface area contributed by atoms with E-state index < -0.39 is 0 Å². The Morgan fingerprint density at radius 3 is 2.93 bits per heavy atom. The van der Waals surface area contributed by atoms with Crippen LogP contribution < -0.4 is 10.9 Å². The lowest BCUT2D eigenvalue weighted by molar-refractivity contribution is -0.118. The van der Waals surface area contributed by atoms with Crippen molar-refractivity contribution < 1.29 is 4.79 Å². The first kappa shape index (κ1) is 20.9. The number of likely N-dealkylation sites (N-methyl/N-ethyl adjacent to an activating group) is 1. The summed E-state index contributed by atoms with van der Waals surface area (Å²) in [6.07, 6.45) is 9.77. The van der Waals surface area contributed by atoms with Crippen LogP contribution in [-0.2, 0) is 23.4 Å². The van der Waals surface area contributed by atoms with Crippen LogP contribution in [0.15, 0.2) is 4.79 Å². The number of nitrogens with zero attached hydrogens (tertiary/aromatic N) is 2. The van der Waals surface area contributed by atoms with Gasteiger partial charge in [0.25, 0.3) is 5.56 Å². The van der Waals surface area contributed by atoms with Crippen LogP contribution in [-0.4, -0.2) is 52.7 Å². The number of fused-ring (bicyclic) bond motifs is 3. The molecule has 0 saturated heterocycles. The average Bonchev–Trinajstić information content (AvgIpc) is 3.29. The third-order valence-corrected chi connectivity index (χ3v) is 8.21. The van der Waals surface area contributed by atoms with E-state index in [4.69, 9.17) is 0 Å². The molecule has 1 amide bonds. The third kappa shape index (κ3) is 5.03. The Labute approximate surface area is 179 Å². The first-order valence-corrected chi connectivity index (χ1v) is 12.7. The number of aromatic amines is 1. The molecule has 1 saturated carbocycles. The third-order valence-electron chi connectivity index (χ3n) is 6.08. The maximum atomic E-state index is 12.5. The first-order valence-electron chi connectivity index (χ1n) is 10.7. The van der Waals surface area contributed by atoms with Crippen LogP contribution in [0.25, 0.3) is 10.2 Å². The molecular weight excluding hydrogens is 404 g/mol. The fourth-order valence-corrected chi connectivity index (χ4v) is 6.48. The molecule has 6 nitrogen and oxygen atoms in total. The van der Waals surface area contributed by atoms with E-state index in [1.165, 1.54) is 54.3 Å². The van der Waals surface area contributed by atoms with Gasteiger partial charge in [0.05, 0.1) is 16.9 Å². The van der Waals surface area contributed by atoms with Crippen molar-refractivity contribution >= 4 is 39.2 Å². The van der Waals surface area contributed by atoms with E-state index >= 15 is 0 Å². The predicted octanol–water partition coefficient (Wildman–Crippen LogP) is 3.09. The fourth-order valence-electron chi connectivity index (χ4n) is 4.48. The molecule has 0 bridgehead atoms.